The first-order valence-corrected chi connectivity index (χ1v) is 3.99. The highest BCUT2D eigenvalue weighted by Crippen LogP contribution is 2.00. The Bertz CT molecular complexity index is 312. The second kappa shape index (κ2) is 5.77. The Morgan fingerprint density at radius 1 is 1.00 bits per heavy atom. The Labute approximate surface area is 77.5 Å². The molecule has 0 aliphatic carbocycles. The second-order valence-electron chi connectivity index (χ2n) is 2.42. The zero-order valence-electron chi connectivity index (χ0n) is 7.17. The number of nitrogens with zero attached hydrogens (tertiary/aromatic N) is 1. The first-order valence-electron chi connectivity index (χ1n) is 3.99. The quantitative estimate of drug-likeness (QED) is 0.324. The van der Waals surface area contributed by atoms with Gasteiger partial charge in [-0.1, -0.05) is 53.7 Å². The normalized spacial score (nSPS) is 12.0. The third kappa shape index (κ3) is 3.91. The fraction of sp³-hybridized carbons (Fsp3) is 0. The standard InChI is InChI=1S/C11H11NO/c13-12-10-6-2-5-9-11-7-3-1-4-8-11/h1-10,13H/b6-2+,9-5+,12-10+. The molecule has 2 heteroatoms. The van der Waals surface area contributed by atoms with Crippen molar-refractivity contribution in [2.24, 2.45) is 5.16 Å². The van der Waals surface area contributed by atoms with E-state index < -0.39 is 0 Å². The second-order valence-corrected chi connectivity index (χ2v) is 2.42. The van der Waals surface area contributed by atoms with Crippen LogP contribution >= 0.6 is 0 Å². The third-order valence-corrected chi connectivity index (χ3v) is 1.46. The molecule has 0 atom stereocenters. The molecule has 0 bridgehead atoms. The molecule has 1 aromatic rings. The molecule has 0 saturated heterocycles. The minimum atomic E-state index is 1.15. The van der Waals surface area contributed by atoms with Crippen molar-refractivity contribution in [1.29, 1.82) is 0 Å². The first-order chi connectivity index (χ1) is 6.43. The van der Waals surface area contributed by atoms with Crippen LogP contribution in [0.25, 0.3) is 6.08 Å². The molecular weight excluding hydrogens is 162 g/mol. The van der Waals surface area contributed by atoms with Crippen LogP contribution in [0.5, 0.6) is 0 Å². The molecule has 66 valence electrons. The SMILES string of the molecule is O/N=C/C=C/C=C/c1ccccc1. The summed E-state index contributed by atoms with van der Waals surface area (Å²) in [7, 11) is 0. The van der Waals surface area contributed by atoms with E-state index in [0.717, 1.165) is 5.56 Å². The molecule has 13 heavy (non-hydrogen) atoms. The summed E-state index contributed by atoms with van der Waals surface area (Å²) < 4.78 is 0. The van der Waals surface area contributed by atoms with Crippen LogP contribution in [0.4, 0.5) is 0 Å². The summed E-state index contributed by atoms with van der Waals surface area (Å²) in [5.74, 6) is 0. The van der Waals surface area contributed by atoms with Crippen LogP contribution < -0.4 is 0 Å². The summed E-state index contributed by atoms with van der Waals surface area (Å²) in [5.41, 5.74) is 1.15. The molecule has 2 nitrogen and oxygen atoms in total. The number of hydrogen-bond donors (Lipinski definition) is 1. The van der Waals surface area contributed by atoms with Crippen molar-refractivity contribution in [3.8, 4) is 0 Å². The molecule has 0 fully saturated rings. The lowest BCUT2D eigenvalue weighted by Gasteiger charge is -1.87. The summed E-state index contributed by atoms with van der Waals surface area (Å²) in [5, 5.41) is 10.9. The van der Waals surface area contributed by atoms with Crippen LogP contribution in [0, 0.1) is 0 Å². The molecule has 0 unspecified atom stereocenters. The monoisotopic (exact) mass is 173 g/mol. The lowest BCUT2D eigenvalue weighted by Crippen LogP contribution is -1.67. The van der Waals surface area contributed by atoms with Gasteiger partial charge in [0.2, 0.25) is 0 Å². The Morgan fingerprint density at radius 2 is 1.77 bits per heavy atom. The van der Waals surface area contributed by atoms with E-state index in [9.17, 15) is 0 Å². The van der Waals surface area contributed by atoms with Crippen molar-refractivity contribution >= 4 is 12.3 Å². The fourth-order valence-electron chi connectivity index (χ4n) is 0.883. The molecule has 1 N–H and O–H groups in total. The highest BCUT2D eigenvalue weighted by Gasteiger charge is 1.78. The zero-order chi connectivity index (χ0) is 9.36. The maximum Gasteiger partial charge on any atom is 0.0661 e. The minimum absolute atomic E-state index is 1.15. The van der Waals surface area contributed by atoms with Crippen molar-refractivity contribution in [3.63, 3.8) is 0 Å². The maximum absolute atomic E-state index is 8.08. The summed E-state index contributed by atoms with van der Waals surface area (Å²) in [6.45, 7) is 0. The van der Waals surface area contributed by atoms with E-state index in [1.54, 1.807) is 12.2 Å². The van der Waals surface area contributed by atoms with E-state index in [1.165, 1.54) is 6.21 Å². The van der Waals surface area contributed by atoms with Gasteiger partial charge in [0.1, 0.15) is 0 Å². The van der Waals surface area contributed by atoms with Crippen LogP contribution in [-0.4, -0.2) is 11.4 Å². The van der Waals surface area contributed by atoms with Crippen LogP contribution in [-0.2, 0) is 0 Å². The maximum atomic E-state index is 8.08. The summed E-state index contributed by atoms with van der Waals surface area (Å²) >= 11 is 0. The minimum Gasteiger partial charge on any atom is -0.411 e. The molecule has 0 amide bonds. The largest absolute Gasteiger partial charge is 0.411 e. The van der Waals surface area contributed by atoms with Crippen molar-refractivity contribution < 1.29 is 5.21 Å². The fourth-order valence-corrected chi connectivity index (χ4v) is 0.883. The first kappa shape index (κ1) is 9.26. The average molecular weight is 173 g/mol. The number of allylic oxidation sites excluding steroid dienone is 3. The van der Waals surface area contributed by atoms with Gasteiger partial charge in [-0.2, -0.15) is 0 Å². The predicted octanol–water partition coefficient (Wildman–Crippen LogP) is 2.72. The van der Waals surface area contributed by atoms with E-state index in [4.69, 9.17) is 5.21 Å². The number of oxime groups is 1. The van der Waals surface area contributed by atoms with Crippen molar-refractivity contribution in [1.82, 2.24) is 0 Å². The molecular formula is C11H11NO. The van der Waals surface area contributed by atoms with Crippen LogP contribution in [0.1, 0.15) is 5.56 Å². The van der Waals surface area contributed by atoms with Gasteiger partial charge in [0.15, 0.2) is 0 Å². The van der Waals surface area contributed by atoms with E-state index >= 15 is 0 Å². The summed E-state index contributed by atoms with van der Waals surface area (Å²) in [4.78, 5) is 0. The smallest absolute Gasteiger partial charge is 0.0661 e. The Morgan fingerprint density at radius 3 is 2.46 bits per heavy atom. The molecule has 0 aliphatic rings. The lowest BCUT2D eigenvalue weighted by molar-refractivity contribution is 0.322. The Kier molecular flexibility index (Phi) is 4.11. The van der Waals surface area contributed by atoms with Gasteiger partial charge in [-0.15, -0.1) is 0 Å². The highest BCUT2D eigenvalue weighted by molar-refractivity contribution is 5.71. The molecule has 0 heterocycles. The van der Waals surface area contributed by atoms with Gasteiger partial charge in [0.25, 0.3) is 0 Å². The molecule has 0 saturated carbocycles. The summed E-state index contributed by atoms with van der Waals surface area (Å²) in [6, 6.07) is 9.98. The molecule has 0 aromatic heterocycles. The van der Waals surface area contributed by atoms with Gasteiger partial charge >= 0.3 is 0 Å². The van der Waals surface area contributed by atoms with E-state index in [0.29, 0.717) is 0 Å². The number of benzene rings is 1. The van der Waals surface area contributed by atoms with Crippen molar-refractivity contribution in [2.45, 2.75) is 0 Å². The van der Waals surface area contributed by atoms with Gasteiger partial charge in [-0.25, -0.2) is 0 Å². The van der Waals surface area contributed by atoms with Crippen LogP contribution in [0.2, 0.25) is 0 Å². The lowest BCUT2D eigenvalue weighted by atomic mass is 10.2. The predicted molar refractivity (Wildman–Crippen MR) is 54.9 cm³/mol. The topological polar surface area (TPSA) is 32.6 Å². The Hall–Kier alpha value is -1.83. The molecule has 0 aliphatic heterocycles. The van der Waals surface area contributed by atoms with Gasteiger partial charge in [-0.3, -0.25) is 0 Å². The number of rotatable bonds is 3. The van der Waals surface area contributed by atoms with Crippen LogP contribution in [0.15, 0.2) is 53.7 Å². The zero-order valence-corrected chi connectivity index (χ0v) is 7.17. The van der Waals surface area contributed by atoms with Crippen molar-refractivity contribution in [2.75, 3.05) is 0 Å². The van der Waals surface area contributed by atoms with E-state index in [-0.39, 0.29) is 0 Å². The van der Waals surface area contributed by atoms with Gasteiger partial charge in [-0.05, 0) is 11.6 Å². The highest BCUT2D eigenvalue weighted by atomic mass is 16.4. The van der Waals surface area contributed by atoms with Crippen LogP contribution in [0.3, 0.4) is 0 Å². The van der Waals surface area contributed by atoms with Crippen molar-refractivity contribution in [3.05, 3.63) is 54.1 Å². The Balaban J connectivity index is 2.50. The van der Waals surface area contributed by atoms with Gasteiger partial charge < -0.3 is 5.21 Å². The number of hydrogen-bond acceptors (Lipinski definition) is 2. The average Bonchev–Trinajstić information content (AvgIpc) is 2.19. The molecule has 0 radical (unpaired) electrons. The summed E-state index contributed by atoms with van der Waals surface area (Å²) in [6.07, 6.45) is 8.63. The van der Waals surface area contributed by atoms with Gasteiger partial charge in [0.05, 0.1) is 6.21 Å². The molecule has 1 rings (SSSR count). The van der Waals surface area contributed by atoms with Gasteiger partial charge in [0, 0.05) is 0 Å². The molecule has 0 spiro atoms. The molecule has 1 aromatic carbocycles. The van der Waals surface area contributed by atoms with E-state index in [1.807, 2.05) is 42.5 Å². The van der Waals surface area contributed by atoms with E-state index in [2.05, 4.69) is 5.16 Å². The third-order valence-electron chi connectivity index (χ3n) is 1.46.